The first-order chi connectivity index (χ1) is 6.94. The number of ether oxygens (including phenoxy) is 1. The van der Waals surface area contributed by atoms with E-state index in [0.29, 0.717) is 5.75 Å². The highest BCUT2D eigenvalue weighted by Gasteiger charge is 2.29. The minimum Gasteiger partial charge on any atom is -0.495 e. The standard InChI is InChI=1S/C9H9F3O2S/c1-14-7-3-5-15-8(7)6(13)2-4-9(10,11)12/h3,5H,2,4H2,1H3. The average Bonchev–Trinajstić information content (AvgIpc) is 2.60. The van der Waals surface area contributed by atoms with Gasteiger partial charge in [0.25, 0.3) is 0 Å². The fourth-order valence-electron chi connectivity index (χ4n) is 1.03. The number of alkyl halides is 3. The van der Waals surface area contributed by atoms with Crippen molar-refractivity contribution in [2.45, 2.75) is 19.0 Å². The van der Waals surface area contributed by atoms with Gasteiger partial charge in [-0.1, -0.05) is 0 Å². The van der Waals surface area contributed by atoms with Crippen LogP contribution in [0.5, 0.6) is 5.75 Å². The Kier molecular flexibility index (Phi) is 3.73. The molecule has 2 nitrogen and oxygen atoms in total. The number of halogens is 3. The van der Waals surface area contributed by atoms with Crippen molar-refractivity contribution < 1.29 is 22.7 Å². The first kappa shape index (κ1) is 12.0. The van der Waals surface area contributed by atoms with Gasteiger partial charge in [-0.3, -0.25) is 4.79 Å². The zero-order valence-electron chi connectivity index (χ0n) is 7.93. The number of Topliss-reactive ketones (excluding diaryl/α,β-unsaturated/α-hetero) is 1. The van der Waals surface area contributed by atoms with E-state index in [1.165, 1.54) is 7.11 Å². The predicted octanol–water partition coefficient (Wildman–Crippen LogP) is 3.28. The molecule has 0 aliphatic rings. The van der Waals surface area contributed by atoms with Crippen molar-refractivity contribution in [2.24, 2.45) is 0 Å². The Labute approximate surface area is 88.7 Å². The molecular formula is C9H9F3O2S. The quantitative estimate of drug-likeness (QED) is 0.752. The summed E-state index contributed by atoms with van der Waals surface area (Å²) in [7, 11) is 1.38. The van der Waals surface area contributed by atoms with E-state index in [-0.39, 0.29) is 4.88 Å². The number of methoxy groups -OCH3 is 1. The van der Waals surface area contributed by atoms with Crippen LogP contribution in [-0.4, -0.2) is 19.1 Å². The zero-order valence-corrected chi connectivity index (χ0v) is 8.74. The van der Waals surface area contributed by atoms with Crippen LogP contribution in [0.25, 0.3) is 0 Å². The van der Waals surface area contributed by atoms with Crippen LogP contribution in [0.1, 0.15) is 22.5 Å². The first-order valence-corrected chi connectivity index (χ1v) is 5.03. The fourth-order valence-corrected chi connectivity index (χ4v) is 1.86. The Balaban J connectivity index is 2.62. The van der Waals surface area contributed by atoms with Gasteiger partial charge < -0.3 is 4.74 Å². The van der Waals surface area contributed by atoms with E-state index in [1.807, 2.05) is 0 Å². The topological polar surface area (TPSA) is 26.3 Å². The van der Waals surface area contributed by atoms with Crippen molar-refractivity contribution >= 4 is 17.1 Å². The average molecular weight is 238 g/mol. The zero-order chi connectivity index (χ0) is 11.5. The molecule has 1 heterocycles. The highest BCUT2D eigenvalue weighted by molar-refractivity contribution is 7.12. The minimum absolute atomic E-state index is 0.252. The molecule has 15 heavy (non-hydrogen) atoms. The Bertz CT molecular complexity index is 343. The Morgan fingerprint density at radius 3 is 2.73 bits per heavy atom. The van der Waals surface area contributed by atoms with Crippen molar-refractivity contribution in [2.75, 3.05) is 7.11 Å². The van der Waals surface area contributed by atoms with E-state index in [0.717, 1.165) is 11.3 Å². The summed E-state index contributed by atoms with van der Waals surface area (Å²) in [5.41, 5.74) is 0. The van der Waals surface area contributed by atoms with Gasteiger partial charge in [-0.25, -0.2) is 0 Å². The van der Waals surface area contributed by atoms with Crippen LogP contribution in [0.3, 0.4) is 0 Å². The van der Waals surface area contributed by atoms with E-state index >= 15 is 0 Å². The van der Waals surface area contributed by atoms with Crippen molar-refractivity contribution in [1.82, 2.24) is 0 Å². The third kappa shape index (κ3) is 3.54. The van der Waals surface area contributed by atoms with Gasteiger partial charge in [0, 0.05) is 6.42 Å². The molecule has 84 valence electrons. The second-order valence-corrected chi connectivity index (χ2v) is 3.77. The summed E-state index contributed by atoms with van der Waals surface area (Å²) in [5, 5.41) is 1.61. The Morgan fingerprint density at radius 1 is 1.53 bits per heavy atom. The molecule has 1 aromatic heterocycles. The molecule has 1 rings (SSSR count). The van der Waals surface area contributed by atoms with Crippen molar-refractivity contribution in [3.8, 4) is 5.75 Å². The smallest absolute Gasteiger partial charge is 0.389 e. The lowest BCUT2D eigenvalue weighted by Crippen LogP contribution is -2.10. The lowest BCUT2D eigenvalue weighted by Gasteiger charge is -2.05. The van der Waals surface area contributed by atoms with Gasteiger partial charge >= 0.3 is 6.18 Å². The first-order valence-electron chi connectivity index (χ1n) is 4.15. The van der Waals surface area contributed by atoms with Gasteiger partial charge in [-0.15, -0.1) is 11.3 Å². The third-order valence-corrected chi connectivity index (χ3v) is 2.67. The molecule has 0 fully saturated rings. The molecule has 0 radical (unpaired) electrons. The molecule has 0 unspecified atom stereocenters. The van der Waals surface area contributed by atoms with Crippen LogP contribution in [0.4, 0.5) is 13.2 Å². The molecule has 0 saturated heterocycles. The summed E-state index contributed by atoms with van der Waals surface area (Å²) in [6, 6.07) is 1.56. The number of rotatable bonds is 4. The van der Waals surface area contributed by atoms with Gasteiger partial charge in [0.15, 0.2) is 5.78 Å². The SMILES string of the molecule is COc1ccsc1C(=O)CCC(F)(F)F. The number of hydrogen-bond acceptors (Lipinski definition) is 3. The maximum Gasteiger partial charge on any atom is 0.389 e. The van der Waals surface area contributed by atoms with Gasteiger partial charge in [0.1, 0.15) is 10.6 Å². The molecule has 0 spiro atoms. The number of hydrogen-bond donors (Lipinski definition) is 0. The molecule has 6 heteroatoms. The number of ketones is 1. The van der Waals surface area contributed by atoms with E-state index in [2.05, 4.69) is 0 Å². The summed E-state index contributed by atoms with van der Waals surface area (Å²) in [4.78, 5) is 11.6. The van der Waals surface area contributed by atoms with Gasteiger partial charge in [0.2, 0.25) is 0 Å². The molecule has 0 atom stereocenters. The molecule has 0 N–H and O–H groups in total. The molecular weight excluding hydrogens is 229 g/mol. The predicted molar refractivity (Wildman–Crippen MR) is 50.5 cm³/mol. The third-order valence-electron chi connectivity index (χ3n) is 1.74. The van der Waals surface area contributed by atoms with E-state index in [4.69, 9.17) is 4.74 Å². The largest absolute Gasteiger partial charge is 0.495 e. The summed E-state index contributed by atoms with van der Waals surface area (Å²) >= 11 is 1.09. The van der Waals surface area contributed by atoms with Crippen LogP contribution in [0.2, 0.25) is 0 Å². The molecule has 0 saturated carbocycles. The molecule has 0 bridgehead atoms. The molecule has 0 aromatic carbocycles. The van der Waals surface area contributed by atoms with Crippen LogP contribution >= 0.6 is 11.3 Å². The summed E-state index contributed by atoms with van der Waals surface area (Å²) in [5.74, 6) is -0.189. The monoisotopic (exact) mass is 238 g/mol. The van der Waals surface area contributed by atoms with Gasteiger partial charge in [-0.05, 0) is 11.4 Å². The maximum atomic E-state index is 11.9. The van der Waals surface area contributed by atoms with Crippen molar-refractivity contribution in [3.63, 3.8) is 0 Å². The van der Waals surface area contributed by atoms with Crippen LogP contribution in [0.15, 0.2) is 11.4 Å². The lowest BCUT2D eigenvalue weighted by molar-refractivity contribution is -0.133. The number of carbonyl (C=O) groups is 1. The molecule has 1 aromatic rings. The van der Waals surface area contributed by atoms with Crippen molar-refractivity contribution in [3.05, 3.63) is 16.3 Å². The fraction of sp³-hybridized carbons (Fsp3) is 0.444. The highest BCUT2D eigenvalue weighted by Crippen LogP contribution is 2.28. The van der Waals surface area contributed by atoms with E-state index in [9.17, 15) is 18.0 Å². The highest BCUT2D eigenvalue weighted by atomic mass is 32.1. The Hall–Kier alpha value is -1.04. The van der Waals surface area contributed by atoms with E-state index in [1.54, 1.807) is 11.4 Å². The maximum absolute atomic E-state index is 11.9. The summed E-state index contributed by atoms with van der Waals surface area (Å²) in [6.07, 6.45) is -5.91. The summed E-state index contributed by atoms with van der Waals surface area (Å²) < 4.78 is 40.4. The summed E-state index contributed by atoms with van der Waals surface area (Å²) in [6.45, 7) is 0. The number of carbonyl (C=O) groups excluding carboxylic acids is 1. The lowest BCUT2D eigenvalue weighted by atomic mass is 10.2. The van der Waals surface area contributed by atoms with Crippen molar-refractivity contribution in [1.29, 1.82) is 0 Å². The Morgan fingerprint density at radius 2 is 2.20 bits per heavy atom. The van der Waals surface area contributed by atoms with Gasteiger partial charge in [-0.2, -0.15) is 13.2 Å². The number of thiophene rings is 1. The second kappa shape index (κ2) is 4.65. The minimum atomic E-state index is -4.29. The van der Waals surface area contributed by atoms with Crippen LogP contribution in [0, 0.1) is 0 Å². The van der Waals surface area contributed by atoms with Gasteiger partial charge in [0.05, 0.1) is 13.5 Å². The molecule has 0 amide bonds. The molecule has 0 aliphatic carbocycles. The molecule has 0 aliphatic heterocycles. The van der Waals surface area contributed by atoms with Crippen LogP contribution < -0.4 is 4.74 Å². The van der Waals surface area contributed by atoms with Crippen LogP contribution in [-0.2, 0) is 0 Å². The normalized spacial score (nSPS) is 11.5. The second-order valence-electron chi connectivity index (χ2n) is 2.86. The van der Waals surface area contributed by atoms with E-state index < -0.39 is 24.8 Å².